The molecule has 0 spiro atoms. The molecule has 0 aliphatic carbocycles. The zero-order chi connectivity index (χ0) is 15.5. The fourth-order valence-electron chi connectivity index (χ4n) is 2.32. The molecule has 0 aromatic carbocycles. The third-order valence-corrected chi connectivity index (χ3v) is 4.24. The minimum absolute atomic E-state index is 0.0180. The van der Waals surface area contributed by atoms with Gasteiger partial charge in [0.25, 0.3) is 0 Å². The van der Waals surface area contributed by atoms with Gasteiger partial charge in [-0.15, -0.1) is 11.3 Å². The van der Waals surface area contributed by atoms with Crippen LogP contribution < -0.4 is 5.32 Å². The van der Waals surface area contributed by atoms with E-state index in [0.29, 0.717) is 6.54 Å². The zero-order valence-electron chi connectivity index (χ0n) is 12.5. The number of nitrogens with zero attached hydrogens (tertiary/aromatic N) is 3. The summed E-state index contributed by atoms with van der Waals surface area (Å²) in [4.78, 5) is 19.4. The van der Waals surface area contributed by atoms with E-state index >= 15 is 0 Å². The number of hydrogen-bond donors (Lipinski definition) is 1. The molecule has 22 heavy (non-hydrogen) atoms. The first kappa shape index (κ1) is 14.8. The average Bonchev–Trinajstić information content (AvgIpc) is 3.14. The Morgan fingerprint density at radius 3 is 3.09 bits per heavy atom. The van der Waals surface area contributed by atoms with E-state index in [4.69, 9.17) is 4.42 Å². The van der Waals surface area contributed by atoms with Crippen LogP contribution in [-0.2, 0) is 11.2 Å². The van der Waals surface area contributed by atoms with Crippen LogP contribution in [0.3, 0.4) is 0 Å². The van der Waals surface area contributed by atoms with Crippen molar-refractivity contribution in [3.63, 3.8) is 0 Å². The SMILES string of the molecule is CN(C)C(CNC(=O)Cc1cn2ccsc2n1)c1ccco1. The van der Waals surface area contributed by atoms with Gasteiger partial charge in [0.1, 0.15) is 5.76 Å². The third kappa shape index (κ3) is 3.20. The molecule has 1 N–H and O–H groups in total. The molecule has 3 rings (SSSR count). The van der Waals surface area contributed by atoms with Gasteiger partial charge >= 0.3 is 0 Å². The second-order valence-electron chi connectivity index (χ2n) is 5.30. The number of fused-ring (bicyclic) bond motifs is 1. The highest BCUT2D eigenvalue weighted by Gasteiger charge is 2.18. The summed E-state index contributed by atoms with van der Waals surface area (Å²) < 4.78 is 7.36. The quantitative estimate of drug-likeness (QED) is 0.754. The lowest BCUT2D eigenvalue weighted by Crippen LogP contribution is -2.35. The minimum Gasteiger partial charge on any atom is -0.468 e. The van der Waals surface area contributed by atoms with Crippen molar-refractivity contribution in [3.8, 4) is 0 Å². The number of aromatic nitrogens is 2. The Morgan fingerprint density at radius 1 is 1.55 bits per heavy atom. The highest BCUT2D eigenvalue weighted by molar-refractivity contribution is 7.15. The summed E-state index contributed by atoms with van der Waals surface area (Å²) in [5.74, 6) is 0.803. The molecule has 1 unspecified atom stereocenters. The van der Waals surface area contributed by atoms with Gasteiger partial charge in [0.15, 0.2) is 4.96 Å². The lowest BCUT2D eigenvalue weighted by Gasteiger charge is -2.22. The van der Waals surface area contributed by atoms with Gasteiger partial charge in [0.05, 0.1) is 24.4 Å². The molecule has 3 aromatic rings. The van der Waals surface area contributed by atoms with Gasteiger partial charge in [-0.1, -0.05) is 0 Å². The van der Waals surface area contributed by atoms with E-state index in [-0.39, 0.29) is 18.4 Å². The lowest BCUT2D eigenvalue weighted by atomic mass is 10.2. The van der Waals surface area contributed by atoms with Crippen molar-refractivity contribution in [1.82, 2.24) is 19.6 Å². The molecule has 7 heteroatoms. The molecule has 1 amide bonds. The van der Waals surface area contributed by atoms with Crippen LogP contribution in [0.15, 0.2) is 40.6 Å². The number of amides is 1. The molecule has 0 fully saturated rings. The van der Waals surface area contributed by atoms with Crippen LogP contribution in [0.5, 0.6) is 0 Å². The smallest absolute Gasteiger partial charge is 0.226 e. The van der Waals surface area contributed by atoms with Gasteiger partial charge in [0, 0.05) is 24.3 Å². The highest BCUT2D eigenvalue weighted by Crippen LogP contribution is 2.17. The fraction of sp³-hybridized carbons (Fsp3) is 0.333. The second kappa shape index (κ2) is 6.33. The summed E-state index contributed by atoms with van der Waals surface area (Å²) in [6, 6.07) is 3.79. The van der Waals surface area contributed by atoms with Crippen LogP contribution in [0.4, 0.5) is 0 Å². The van der Waals surface area contributed by atoms with Crippen LogP contribution >= 0.6 is 11.3 Å². The number of hydrogen-bond acceptors (Lipinski definition) is 5. The molecule has 3 aromatic heterocycles. The van der Waals surface area contributed by atoms with Crippen LogP contribution in [-0.4, -0.2) is 40.8 Å². The maximum absolute atomic E-state index is 12.1. The first-order valence-corrected chi connectivity index (χ1v) is 7.89. The molecule has 0 saturated heterocycles. The molecule has 0 saturated carbocycles. The van der Waals surface area contributed by atoms with Gasteiger partial charge in [-0.25, -0.2) is 4.98 Å². The predicted octanol–water partition coefficient (Wildman–Crippen LogP) is 1.95. The molecule has 6 nitrogen and oxygen atoms in total. The number of carbonyl (C=O) groups is 1. The summed E-state index contributed by atoms with van der Waals surface area (Å²) in [7, 11) is 3.92. The Labute approximate surface area is 132 Å². The van der Waals surface area contributed by atoms with Crippen molar-refractivity contribution in [2.24, 2.45) is 0 Å². The Bertz CT molecular complexity index is 716. The molecular weight excluding hydrogens is 300 g/mol. The maximum atomic E-state index is 12.1. The first-order chi connectivity index (χ1) is 10.6. The average molecular weight is 318 g/mol. The normalized spacial score (nSPS) is 12.9. The van der Waals surface area contributed by atoms with Crippen molar-refractivity contribution >= 4 is 22.2 Å². The van der Waals surface area contributed by atoms with Crippen LogP contribution in [0, 0.1) is 0 Å². The van der Waals surface area contributed by atoms with Gasteiger partial charge in [-0.2, -0.15) is 0 Å². The van der Waals surface area contributed by atoms with E-state index < -0.39 is 0 Å². The zero-order valence-corrected chi connectivity index (χ0v) is 13.3. The molecule has 3 heterocycles. The van der Waals surface area contributed by atoms with Gasteiger partial charge in [-0.05, 0) is 26.2 Å². The van der Waals surface area contributed by atoms with Crippen molar-refractivity contribution in [3.05, 3.63) is 47.6 Å². The Balaban J connectivity index is 1.58. The standard InChI is InChI=1S/C15H18N4O2S/c1-18(2)12(13-4-3-6-21-13)9-16-14(20)8-11-10-19-5-7-22-15(19)17-11/h3-7,10,12H,8-9H2,1-2H3,(H,16,20). The second-order valence-corrected chi connectivity index (χ2v) is 6.17. The van der Waals surface area contributed by atoms with E-state index in [1.165, 1.54) is 0 Å². The van der Waals surface area contributed by atoms with Crippen LogP contribution in [0.2, 0.25) is 0 Å². The molecule has 0 bridgehead atoms. The number of imidazole rings is 1. The predicted molar refractivity (Wildman–Crippen MR) is 84.9 cm³/mol. The molecule has 0 aliphatic rings. The lowest BCUT2D eigenvalue weighted by molar-refractivity contribution is -0.120. The van der Waals surface area contributed by atoms with Crippen LogP contribution in [0.1, 0.15) is 17.5 Å². The summed E-state index contributed by atoms with van der Waals surface area (Å²) in [5, 5.41) is 4.92. The molecular formula is C15H18N4O2S. The van der Waals surface area contributed by atoms with Crippen molar-refractivity contribution in [2.75, 3.05) is 20.6 Å². The van der Waals surface area contributed by atoms with Crippen molar-refractivity contribution < 1.29 is 9.21 Å². The summed E-state index contributed by atoms with van der Waals surface area (Å²) in [6.45, 7) is 0.502. The molecule has 1 atom stereocenters. The van der Waals surface area contributed by atoms with E-state index in [0.717, 1.165) is 16.4 Å². The summed E-state index contributed by atoms with van der Waals surface area (Å²) in [5.41, 5.74) is 0.781. The van der Waals surface area contributed by atoms with E-state index in [9.17, 15) is 4.79 Å². The largest absolute Gasteiger partial charge is 0.468 e. The maximum Gasteiger partial charge on any atom is 0.226 e. The molecule has 0 radical (unpaired) electrons. The molecule has 116 valence electrons. The molecule has 0 aliphatic heterocycles. The number of likely N-dealkylation sites (N-methyl/N-ethyl adjacent to an activating group) is 1. The van der Waals surface area contributed by atoms with E-state index in [2.05, 4.69) is 10.3 Å². The number of thiazole rings is 1. The summed E-state index contributed by atoms with van der Waals surface area (Å²) in [6.07, 6.45) is 5.76. The number of furan rings is 1. The van der Waals surface area contributed by atoms with Crippen molar-refractivity contribution in [1.29, 1.82) is 0 Å². The number of nitrogens with one attached hydrogen (secondary N) is 1. The summed E-state index contributed by atoms with van der Waals surface area (Å²) >= 11 is 1.56. The van der Waals surface area contributed by atoms with Crippen molar-refractivity contribution in [2.45, 2.75) is 12.5 Å². The van der Waals surface area contributed by atoms with E-state index in [1.807, 2.05) is 53.3 Å². The monoisotopic (exact) mass is 318 g/mol. The van der Waals surface area contributed by atoms with Gasteiger partial charge in [0.2, 0.25) is 5.91 Å². The number of carbonyl (C=O) groups excluding carboxylic acids is 1. The minimum atomic E-state index is -0.0378. The first-order valence-electron chi connectivity index (χ1n) is 7.01. The Hall–Kier alpha value is -2.12. The highest BCUT2D eigenvalue weighted by atomic mass is 32.1. The Kier molecular flexibility index (Phi) is 4.26. The van der Waals surface area contributed by atoms with E-state index in [1.54, 1.807) is 17.6 Å². The topological polar surface area (TPSA) is 62.8 Å². The Morgan fingerprint density at radius 2 is 2.41 bits per heavy atom. The fourth-order valence-corrected chi connectivity index (χ4v) is 3.04. The van der Waals surface area contributed by atoms with Gasteiger partial charge < -0.3 is 9.73 Å². The van der Waals surface area contributed by atoms with Crippen LogP contribution in [0.25, 0.3) is 4.96 Å². The van der Waals surface area contributed by atoms with Gasteiger partial charge in [-0.3, -0.25) is 14.1 Å². The number of rotatable bonds is 6. The third-order valence-electron chi connectivity index (χ3n) is 3.47.